The van der Waals surface area contributed by atoms with Gasteiger partial charge < -0.3 is 19.8 Å². The molecule has 1 amide bonds. The summed E-state index contributed by atoms with van der Waals surface area (Å²) >= 11 is 5.27. The smallest absolute Gasteiger partial charge is 0.227 e. The van der Waals surface area contributed by atoms with Gasteiger partial charge in [0.15, 0.2) is 10.7 Å². The summed E-state index contributed by atoms with van der Waals surface area (Å²) in [6.07, 6.45) is 0.424. The zero-order valence-corrected chi connectivity index (χ0v) is 17.1. The molecule has 28 heavy (non-hydrogen) atoms. The number of anilines is 1. The summed E-state index contributed by atoms with van der Waals surface area (Å²) in [5.41, 5.74) is 3.98. The van der Waals surface area contributed by atoms with Crippen LogP contribution >= 0.6 is 12.2 Å². The molecule has 0 aliphatic carbocycles. The van der Waals surface area contributed by atoms with Crippen LogP contribution in [0, 0.1) is 12.8 Å². The Morgan fingerprint density at radius 2 is 2.04 bits per heavy atom. The molecule has 0 radical (unpaired) electrons. The molecule has 0 atom stereocenters. The number of rotatable bonds is 5. The first-order chi connectivity index (χ1) is 13.4. The molecular formula is C21H23N3O3S. The number of oxazole rings is 1. The van der Waals surface area contributed by atoms with Gasteiger partial charge in [0.1, 0.15) is 11.3 Å². The molecule has 2 aromatic carbocycles. The van der Waals surface area contributed by atoms with Crippen LogP contribution in [0.15, 0.2) is 40.8 Å². The number of aromatic nitrogens is 1. The standard InChI is InChI=1S/C21H23N3O3S/c1-12(2)9-19(25)24-21(28)23-16-10-14(6-5-13(16)3)20-22-17-11-15(26-4)7-8-18(17)27-20/h5-8,10-12H,9H2,1-4H3,(H2,23,24,25,28). The largest absolute Gasteiger partial charge is 0.497 e. The normalized spacial score (nSPS) is 10.9. The summed E-state index contributed by atoms with van der Waals surface area (Å²) in [6, 6.07) is 11.3. The Balaban J connectivity index is 1.81. The Morgan fingerprint density at radius 3 is 2.75 bits per heavy atom. The Hall–Kier alpha value is -2.93. The molecule has 2 N–H and O–H groups in total. The second-order valence-corrected chi connectivity index (χ2v) is 7.39. The Morgan fingerprint density at radius 1 is 1.25 bits per heavy atom. The first kappa shape index (κ1) is 19.8. The number of benzene rings is 2. The molecule has 0 aliphatic heterocycles. The van der Waals surface area contributed by atoms with Gasteiger partial charge in [-0.3, -0.25) is 4.79 Å². The highest BCUT2D eigenvalue weighted by Crippen LogP contribution is 2.29. The summed E-state index contributed by atoms with van der Waals surface area (Å²) in [7, 11) is 1.61. The fourth-order valence-electron chi connectivity index (χ4n) is 2.75. The first-order valence-corrected chi connectivity index (χ1v) is 9.43. The van der Waals surface area contributed by atoms with Crippen LogP contribution in [-0.2, 0) is 4.79 Å². The lowest BCUT2D eigenvalue weighted by molar-refractivity contribution is -0.120. The van der Waals surface area contributed by atoms with E-state index >= 15 is 0 Å². The number of carbonyl (C=O) groups is 1. The second-order valence-electron chi connectivity index (χ2n) is 6.98. The summed E-state index contributed by atoms with van der Waals surface area (Å²) in [6.45, 7) is 5.93. The summed E-state index contributed by atoms with van der Waals surface area (Å²) in [5, 5.41) is 6.07. The summed E-state index contributed by atoms with van der Waals surface area (Å²) in [4.78, 5) is 16.5. The number of methoxy groups -OCH3 is 1. The van der Waals surface area contributed by atoms with E-state index in [1.807, 2.05) is 57.2 Å². The Bertz CT molecular complexity index is 1030. The molecule has 1 aromatic heterocycles. The summed E-state index contributed by atoms with van der Waals surface area (Å²) < 4.78 is 11.1. The highest BCUT2D eigenvalue weighted by atomic mass is 32.1. The topological polar surface area (TPSA) is 76.4 Å². The third kappa shape index (κ3) is 4.67. The zero-order valence-electron chi connectivity index (χ0n) is 16.3. The number of fused-ring (bicyclic) bond motifs is 1. The van der Waals surface area contributed by atoms with Gasteiger partial charge >= 0.3 is 0 Å². The molecule has 7 heteroatoms. The highest BCUT2D eigenvalue weighted by Gasteiger charge is 2.12. The van der Waals surface area contributed by atoms with E-state index in [1.54, 1.807) is 7.11 Å². The maximum atomic E-state index is 11.9. The van der Waals surface area contributed by atoms with Gasteiger partial charge in [-0.05, 0) is 54.9 Å². The molecule has 3 aromatic rings. The molecule has 6 nitrogen and oxygen atoms in total. The number of nitrogens with zero attached hydrogens (tertiary/aromatic N) is 1. The lowest BCUT2D eigenvalue weighted by Crippen LogP contribution is -2.34. The predicted octanol–water partition coefficient (Wildman–Crippen LogP) is 4.67. The van der Waals surface area contributed by atoms with Gasteiger partial charge in [0.25, 0.3) is 0 Å². The maximum Gasteiger partial charge on any atom is 0.227 e. The average Bonchev–Trinajstić information content (AvgIpc) is 3.05. The van der Waals surface area contributed by atoms with Gasteiger partial charge in [0.05, 0.1) is 7.11 Å². The van der Waals surface area contributed by atoms with E-state index in [0.29, 0.717) is 17.9 Å². The third-order valence-electron chi connectivity index (χ3n) is 4.17. The van der Waals surface area contributed by atoms with E-state index in [-0.39, 0.29) is 16.9 Å². The first-order valence-electron chi connectivity index (χ1n) is 9.02. The number of hydrogen-bond donors (Lipinski definition) is 2. The molecule has 0 bridgehead atoms. The average molecular weight is 398 g/mol. The van der Waals surface area contributed by atoms with Crippen LogP contribution in [0.1, 0.15) is 25.8 Å². The van der Waals surface area contributed by atoms with E-state index in [2.05, 4.69) is 15.6 Å². The number of aryl methyl sites for hydroxylation is 1. The lowest BCUT2D eigenvalue weighted by Gasteiger charge is -2.13. The van der Waals surface area contributed by atoms with Crippen LogP contribution in [0.3, 0.4) is 0 Å². The van der Waals surface area contributed by atoms with Crippen LogP contribution in [0.25, 0.3) is 22.6 Å². The van der Waals surface area contributed by atoms with E-state index < -0.39 is 0 Å². The monoisotopic (exact) mass is 397 g/mol. The predicted molar refractivity (Wildman–Crippen MR) is 115 cm³/mol. The molecule has 1 heterocycles. The van der Waals surface area contributed by atoms with Crippen molar-refractivity contribution in [2.24, 2.45) is 5.92 Å². The maximum absolute atomic E-state index is 11.9. The minimum absolute atomic E-state index is 0.103. The van der Waals surface area contributed by atoms with Crippen molar-refractivity contribution in [2.45, 2.75) is 27.2 Å². The minimum atomic E-state index is -0.103. The van der Waals surface area contributed by atoms with Crippen molar-refractivity contribution in [3.05, 3.63) is 42.0 Å². The van der Waals surface area contributed by atoms with Crippen molar-refractivity contribution >= 4 is 40.0 Å². The SMILES string of the molecule is COc1ccc2oc(-c3ccc(C)c(NC(=S)NC(=O)CC(C)C)c3)nc2c1. The van der Waals surface area contributed by atoms with Crippen LogP contribution in [0.4, 0.5) is 5.69 Å². The molecule has 0 saturated heterocycles. The molecule has 0 aliphatic rings. The number of amides is 1. The second kappa shape index (κ2) is 8.39. The molecule has 0 spiro atoms. The van der Waals surface area contributed by atoms with Crippen molar-refractivity contribution < 1.29 is 13.9 Å². The number of ether oxygens (including phenoxy) is 1. The Labute approximate surface area is 169 Å². The highest BCUT2D eigenvalue weighted by molar-refractivity contribution is 7.80. The van der Waals surface area contributed by atoms with E-state index in [9.17, 15) is 4.79 Å². The molecule has 0 unspecified atom stereocenters. The van der Waals surface area contributed by atoms with E-state index in [1.165, 1.54) is 0 Å². The van der Waals surface area contributed by atoms with Crippen molar-refractivity contribution in [1.29, 1.82) is 0 Å². The van der Waals surface area contributed by atoms with Crippen LogP contribution in [-0.4, -0.2) is 23.1 Å². The van der Waals surface area contributed by atoms with Crippen LogP contribution < -0.4 is 15.4 Å². The number of thiocarbonyl (C=S) groups is 1. The lowest BCUT2D eigenvalue weighted by atomic mass is 10.1. The number of hydrogen-bond acceptors (Lipinski definition) is 5. The van der Waals surface area contributed by atoms with Crippen molar-refractivity contribution in [1.82, 2.24) is 10.3 Å². The number of carbonyl (C=O) groups excluding carboxylic acids is 1. The van der Waals surface area contributed by atoms with Gasteiger partial charge in [-0.1, -0.05) is 19.9 Å². The molecule has 0 fully saturated rings. The minimum Gasteiger partial charge on any atom is -0.497 e. The molecule has 3 rings (SSSR count). The fraction of sp³-hybridized carbons (Fsp3) is 0.286. The van der Waals surface area contributed by atoms with Crippen molar-refractivity contribution in [2.75, 3.05) is 12.4 Å². The molecular weight excluding hydrogens is 374 g/mol. The third-order valence-corrected chi connectivity index (χ3v) is 4.38. The Kier molecular flexibility index (Phi) is 5.94. The fourth-order valence-corrected chi connectivity index (χ4v) is 2.97. The van der Waals surface area contributed by atoms with Crippen molar-refractivity contribution in [3.63, 3.8) is 0 Å². The molecule has 0 saturated carbocycles. The van der Waals surface area contributed by atoms with Gasteiger partial charge in [-0.15, -0.1) is 0 Å². The van der Waals surface area contributed by atoms with Gasteiger partial charge in [0, 0.05) is 23.7 Å². The van der Waals surface area contributed by atoms with Crippen molar-refractivity contribution in [3.8, 4) is 17.2 Å². The number of nitrogens with one attached hydrogen (secondary N) is 2. The zero-order chi connectivity index (χ0) is 20.3. The summed E-state index contributed by atoms with van der Waals surface area (Å²) in [5.74, 6) is 1.39. The van der Waals surface area contributed by atoms with E-state index in [4.69, 9.17) is 21.4 Å². The van der Waals surface area contributed by atoms with Gasteiger partial charge in [-0.2, -0.15) is 0 Å². The van der Waals surface area contributed by atoms with Gasteiger partial charge in [0.2, 0.25) is 11.8 Å². The van der Waals surface area contributed by atoms with Gasteiger partial charge in [-0.25, -0.2) is 4.98 Å². The van der Waals surface area contributed by atoms with E-state index in [0.717, 1.165) is 28.1 Å². The molecule has 146 valence electrons. The van der Waals surface area contributed by atoms with Crippen LogP contribution in [0.5, 0.6) is 5.75 Å². The quantitative estimate of drug-likeness (QED) is 0.609. The van der Waals surface area contributed by atoms with Crippen LogP contribution in [0.2, 0.25) is 0 Å².